The minimum Gasteiger partial charge on any atom is -0.481 e. The number of carbonyl (C=O) groups is 1. The minimum absolute atomic E-state index is 0.0404. The lowest BCUT2D eigenvalue weighted by Crippen LogP contribution is -2.01. The number of hydrogen-bond donors (Lipinski definition) is 1. The Balaban J connectivity index is 2.23. The van der Waals surface area contributed by atoms with Gasteiger partial charge in [-0.25, -0.2) is 0 Å². The maximum atomic E-state index is 11.1. The third-order valence-corrected chi connectivity index (χ3v) is 3.11. The average molecular weight is 252 g/mol. The van der Waals surface area contributed by atoms with Gasteiger partial charge in [-0.15, -0.1) is 0 Å². The van der Waals surface area contributed by atoms with E-state index in [1.165, 1.54) is 0 Å². The first-order chi connectivity index (χ1) is 9.25. The highest BCUT2D eigenvalue weighted by molar-refractivity contribution is 5.86. The molecule has 94 valence electrons. The molecule has 0 spiro atoms. The van der Waals surface area contributed by atoms with Gasteiger partial charge in [-0.2, -0.15) is 0 Å². The highest BCUT2D eigenvalue weighted by Crippen LogP contribution is 2.38. The van der Waals surface area contributed by atoms with Crippen molar-refractivity contribution >= 4 is 5.97 Å². The first-order valence-electron chi connectivity index (χ1n) is 6.02. The summed E-state index contributed by atoms with van der Waals surface area (Å²) >= 11 is 0. The summed E-state index contributed by atoms with van der Waals surface area (Å²) in [6.45, 7) is 0. The topological polar surface area (TPSA) is 50.4 Å². The van der Waals surface area contributed by atoms with Gasteiger partial charge in [0, 0.05) is 11.1 Å². The summed E-state index contributed by atoms with van der Waals surface area (Å²) in [6.07, 6.45) is 1.53. The molecular weight excluding hydrogens is 240 g/mol. The van der Waals surface area contributed by atoms with E-state index in [0.29, 0.717) is 5.76 Å². The van der Waals surface area contributed by atoms with Gasteiger partial charge in [-0.3, -0.25) is 4.79 Å². The van der Waals surface area contributed by atoms with Gasteiger partial charge in [0.05, 0.1) is 12.7 Å². The Morgan fingerprint density at radius 2 is 1.79 bits per heavy atom. The summed E-state index contributed by atoms with van der Waals surface area (Å²) in [4.78, 5) is 11.1. The highest BCUT2D eigenvalue weighted by Gasteiger charge is 2.20. The van der Waals surface area contributed by atoms with E-state index in [1.54, 1.807) is 6.26 Å². The molecule has 1 aliphatic heterocycles. The number of carboxylic acid groups (broad SMARTS) is 1. The van der Waals surface area contributed by atoms with Gasteiger partial charge in [0.25, 0.3) is 0 Å². The number of benzene rings is 1. The molecule has 0 amide bonds. The SMILES string of the molecule is O=C(O)Cc1c(-c2ccccc2)cc2cccoc1-2. The Morgan fingerprint density at radius 3 is 2.53 bits per heavy atom. The lowest BCUT2D eigenvalue weighted by atomic mass is 10.0. The Kier molecular flexibility index (Phi) is 2.80. The molecule has 0 saturated carbocycles. The summed E-state index contributed by atoms with van der Waals surface area (Å²) in [7, 11) is 0. The second kappa shape index (κ2) is 4.61. The third-order valence-electron chi connectivity index (χ3n) is 3.11. The van der Waals surface area contributed by atoms with E-state index in [1.807, 2.05) is 48.5 Å². The molecule has 3 rings (SSSR count). The molecule has 1 aromatic carbocycles. The van der Waals surface area contributed by atoms with Crippen LogP contribution in [0.15, 0.2) is 59.2 Å². The van der Waals surface area contributed by atoms with Gasteiger partial charge in [0.1, 0.15) is 5.76 Å². The fourth-order valence-electron chi connectivity index (χ4n) is 2.32. The Bertz CT molecular complexity index is 682. The molecule has 0 aromatic heterocycles. The number of hydrogen-bond acceptors (Lipinski definition) is 2. The van der Waals surface area contributed by atoms with E-state index in [9.17, 15) is 4.79 Å². The van der Waals surface area contributed by atoms with E-state index >= 15 is 0 Å². The van der Waals surface area contributed by atoms with Gasteiger partial charge in [-0.1, -0.05) is 30.3 Å². The summed E-state index contributed by atoms with van der Waals surface area (Å²) in [5, 5.41) is 9.07. The van der Waals surface area contributed by atoms with Gasteiger partial charge < -0.3 is 9.52 Å². The molecule has 19 heavy (non-hydrogen) atoms. The van der Waals surface area contributed by atoms with Crippen LogP contribution in [0.5, 0.6) is 0 Å². The second-order valence-electron chi connectivity index (χ2n) is 4.37. The molecule has 0 unspecified atom stereocenters. The predicted molar refractivity (Wildman–Crippen MR) is 72.1 cm³/mol. The van der Waals surface area contributed by atoms with E-state index in [4.69, 9.17) is 9.52 Å². The molecule has 1 aliphatic carbocycles. The molecule has 1 heterocycles. The van der Waals surface area contributed by atoms with E-state index in [-0.39, 0.29) is 6.42 Å². The van der Waals surface area contributed by atoms with Crippen LogP contribution in [-0.2, 0) is 11.2 Å². The van der Waals surface area contributed by atoms with Crippen LogP contribution in [-0.4, -0.2) is 11.1 Å². The van der Waals surface area contributed by atoms with Crippen LogP contribution in [0.3, 0.4) is 0 Å². The molecule has 3 nitrogen and oxygen atoms in total. The summed E-state index contributed by atoms with van der Waals surface area (Å²) in [6, 6.07) is 15.5. The zero-order chi connectivity index (χ0) is 13.2. The van der Waals surface area contributed by atoms with Gasteiger partial charge >= 0.3 is 5.97 Å². The summed E-state index contributed by atoms with van der Waals surface area (Å²) in [5.74, 6) is -0.201. The molecule has 0 radical (unpaired) electrons. The highest BCUT2D eigenvalue weighted by atomic mass is 16.4. The van der Waals surface area contributed by atoms with Gasteiger partial charge in [-0.05, 0) is 29.3 Å². The average Bonchev–Trinajstić information content (AvgIpc) is 2.78. The van der Waals surface area contributed by atoms with Gasteiger partial charge in [0.15, 0.2) is 0 Å². The first kappa shape index (κ1) is 11.5. The van der Waals surface area contributed by atoms with Crippen LogP contribution in [0.4, 0.5) is 0 Å². The standard InChI is InChI=1S/C16H12O3/c17-15(18)10-14-13(11-5-2-1-3-6-11)9-12-7-4-8-19-16(12)14/h1-9H,10H2,(H,17,18). The van der Waals surface area contributed by atoms with Crippen molar-refractivity contribution in [2.75, 3.05) is 0 Å². The molecule has 0 fully saturated rings. The summed E-state index contributed by atoms with van der Waals surface area (Å²) < 4.78 is 5.48. The van der Waals surface area contributed by atoms with E-state index < -0.39 is 5.97 Å². The van der Waals surface area contributed by atoms with E-state index in [0.717, 1.165) is 22.3 Å². The third kappa shape index (κ3) is 2.10. The molecular formula is C16H12O3. The number of aliphatic carboxylic acids is 1. The summed E-state index contributed by atoms with van der Waals surface area (Å²) in [5.41, 5.74) is 3.59. The predicted octanol–water partition coefficient (Wildman–Crippen LogP) is 3.68. The van der Waals surface area contributed by atoms with Crippen molar-refractivity contribution in [2.45, 2.75) is 6.42 Å². The molecule has 0 atom stereocenters. The van der Waals surface area contributed by atoms with Crippen molar-refractivity contribution in [3.05, 3.63) is 60.4 Å². The van der Waals surface area contributed by atoms with Crippen molar-refractivity contribution in [2.24, 2.45) is 0 Å². The van der Waals surface area contributed by atoms with Crippen molar-refractivity contribution in [1.82, 2.24) is 0 Å². The van der Waals surface area contributed by atoms with Crippen LogP contribution in [0.25, 0.3) is 22.5 Å². The normalized spacial score (nSPS) is 10.7. The largest absolute Gasteiger partial charge is 0.481 e. The lowest BCUT2D eigenvalue weighted by molar-refractivity contribution is -0.136. The molecule has 1 N–H and O–H groups in total. The molecule has 1 aromatic rings. The maximum absolute atomic E-state index is 11.1. The fourth-order valence-corrected chi connectivity index (χ4v) is 2.32. The van der Waals surface area contributed by atoms with Crippen molar-refractivity contribution in [3.63, 3.8) is 0 Å². The van der Waals surface area contributed by atoms with Crippen LogP contribution in [0.2, 0.25) is 0 Å². The number of fused-ring (bicyclic) bond motifs is 1. The molecule has 2 aliphatic rings. The molecule has 0 bridgehead atoms. The van der Waals surface area contributed by atoms with Crippen molar-refractivity contribution in [1.29, 1.82) is 0 Å². The fraction of sp³-hybridized carbons (Fsp3) is 0.0625. The first-order valence-corrected chi connectivity index (χ1v) is 6.02. The second-order valence-corrected chi connectivity index (χ2v) is 4.37. The van der Waals surface area contributed by atoms with Gasteiger partial charge in [0.2, 0.25) is 0 Å². The zero-order valence-electron chi connectivity index (χ0n) is 10.2. The monoisotopic (exact) mass is 252 g/mol. The van der Waals surface area contributed by atoms with Crippen molar-refractivity contribution in [3.8, 4) is 22.5 Å². The molecule has 0 saturated heterocycles. The zero-order valence-corrected chi connectivity index (χ0v) is 10.2. The van der Waals surface area contributed by atoms with Crippen LogP contribution < -0.4 is 0 Å². The lowest BCUT2D eigenvalue weighted by Gasteiger charge is -2.03. The Morgan fingerprint density at radius 1 is 1.05 bits per heavy atom. The number of rotatable bonds is 3. The Hall–Kier alpha value is -2.55. The maximum Gasteiger partial charge on any atom is 0.307 e. The Labute approximate surface area is 110 Å². The minimum atomic E-state index is -0.858. The molecule has 3 heteroatoms. The van der Waals surface area contributed by atoms with Crippen LogP contribution in [0.1, 0.15) is 5.56 Å². The van der Waals surface area contributed by atoms with Crippen LogP contribution >= 0.6 is 0 Å². The smallest absolute Gasteiger partial charge is 0.307 e. The van der Waals surface area contributed by atoms with E-state index in [2.05, 4.69) is 0 Å². The number of carboxylic acids is 1. The van der Waals surface area contributed by atoms with Crippen LogP contribution in [0, 0.1) is 0 Å². The van der Waals surface area contributed by atoms with Crippen molar-refractivity contribution < 1.29 is 14.3 Å². The quantitative estimate of drug-likeness (QED) is 0.773.